The fraction of sp³-hybridized carbons (Fsp3) is 0.571. The SMILES string of the molecule is O=[N+]([O-])c1cccc(OCCC[NH+]2CCCCC2)c1. The van der Waals surface area contributed by atoms with E-state index in [9.17, 15) is 10.1 Å². The summed E-state index contributed by atoms with van der Waals surface area (Å²) in [7, 11) is 0. The van der Waals surface area contributed by atoms with Gasteiger partial charge < -0.3 is 9.64 Å². The number of likely N-dealkylation sites (tertiary alicyclic amines) is 1. The van der Waals surface area contributed by atoms with Crippen molar-refractivity contribution >= 4 is 5.69 Å². The van der Waals surface area contributed by atoms with Gasteiger partial charge in [-0.1, -0.05) is 6.07 Å². The average molecular weight is 265 g/mol. The Bertz CT molecular complexity index is 417. The van der Waals surface area contributed by atoms with Crippen molar-refractivity contribution in [3.63, 3.8) is 0 Å². The van der Waals surface area contributed by atoms with Crippen LogP contribution in [0.1, 0.15) is 25.7 Å². The molecule has 1 aromatic rings. The minimum absolute atomic E-state index is 0.0826. The van der Waals surface area contributed by atoms with E-state index < -0.39 is 4.92 Å². The molecule has 1 saturated heterocycles. The van der Waals surface area contributed by atoms with Crippen molar-refractivity contribution in [2.45, 2.75) is 25.7 Å². The van der Waals surface area contributed by atoms with E-state index in [2.05, 4.69) is 0 Å². The van der Waals surface area contributed by atoms with E-state index in [4.69, 9.17) is 4.74 Å². The van der Waals surface area contributed by atoms with E-state index in [1.54, 1.807) is 17.0 Å². The summed E-state index contributed by atoms with van der Waals surface area (Å²) in [4.78, 5) is 11.9. The molecule has 0 aromatic heterocycles. The Morgan fingerprint density at radius 3 is 2.79 bits per heavy atom. The third kappa shape index (κ3) is 4.52. The third-order valence-electron chi connectivity index (χ3n) is 3.53. The summed E-state index contributed by atoms with van der Waals surface area (Å²) < 4.78 is 5.57. The number of nitro groups is 1. The molecule has 1 aliphatic heterocycles. The molecule has 104 valence electrons. The van der Waals surface area contributed by atoms with Crippen LogP contribution in [0.25, 0.3) is 0 Å². The summed E-state index contributed by atoms with van der Waals surface area (Å²) in [5.41, 5.74) is 0.0826. The highest BCUT2D eigenvalue weighted by Crippen LogP contribution is 2.18. The molecule has 1 heterocycles. The molecule has 19 heavy (non-hydrogen) atoms. The van der Waals surface area contributed by atoms with Crippen molar-refractivity contribution in [2.75, 3.05) is 26.2 Å². The molecule has 0 spiro atoms. The van der Waals surface area contributed by atoms with Crippen LogP contribution in [0, 0.1) is 10.1 Å². The number of piperidine rings is 1. The highest BCUT2D eigenvalue weighted by molar-refractivity contribution is 5.37. The highest BCUT2D eigenvalue weighted by atomic mass is 16.6. The van der Waals surface area contributed by atoms with Crippen LogP contribution in [0.5, 0.6) is 5.75 Å². The van der Waals surface area contributed by atoms with Crippen LogP contribution in [0.2, 0.25) is 0 Å². The Hall–Kier alpha value is -1.62. The summed E-state index contributed by atoms with van der Waals surface area (Å²) >= 11 is 0. The number of non-ortho nitro benzene ring substituents is 1. The van der Waals surface area contributed by atoms with Gasteiger partial charge in [0.25, 0.3) is 5.69 Å². The van der Waals surface area contributed by atoms with Crippen molar-refractivity contribution < 1.29 is 14.6 Å². The minimum atomic E-state index is -0.398. The minimum Gasteiger partial charge on any atom is -0.493 e. The third-order valence-corrected chi connectivity index (χ3v) is 3.53. The Morgan fingerprint density at radius 2 is 2.05 bits per heavy atom. The van der Waals surface area contributed by atoms with Gasteiger partial charge in [-0.25, -0.2) is 0 Å². The van der Waals surface area contributed by atoms with Crippen LogP contribution in [-0.2, 0) is 0 Å². The Kier molecular flexibility index (Phi) is 5.15. The van der Waals surface area contributed by atoms with Crippen molar-refractivity contribution in [1.29, 1.82) is 0 Å². The normalized spacial score (nSPS) is 16.2. The van der Waals surface area contributed by atoms with E-state index in [1.165, 1.54) is 44.5 Å². The quantitative estimate of drug-likeness (QED) is 0.481. The molecule has 1 aliphatic rings. The fourth-order valence-corrected chi connectivity index (χ4v) is 2.50. The van der Waals surface area contributed by atoms with E-state index in [1.807, 2.05) is 0 Å². The second-order valence-electron chi connectivity index (χ2n) is 5.02. The molecule has 0 saturated carbocycles. The number of nitrogens with one attached hydrogen (secondary N) is 1. The Morgan fingerprint density at radius 1 is 1.26 bits per heavy atom. The molecule has 1 aromatic carbocycles. The lowest BCUT2D eigenvalue weighted by Gasteiger charge is -2.23. The summed E-state index contributed by atoms with van der Waals surface area (Å²) in [5.74, 6) is 0.586. The monoisotopic (exact) mass is 265 g/mol. The second kappa shape index (κ2) is 7.09. The van der Waals surface area contributed by atoms with Crippen molar-refractivity contribution in [3.8, 4) is 5.75 Å². The lowest BCUT2D eigenvalue weighted by Crippen LogP contribution is -3.12. The molecule has 5 nitrogen and oxygen atoms in total. The number of nitro benzene ring substituents is 1. The molecule has 5 heteroatoms. The Balaban J connectivity index is 1.70. The second-order valence-corrected chi connectivity index (χ2v) is 5.02. The average Bonchev–Trinajstić information content (AvgIpc) is 2.45. The van der Waals surface area contributed by atoms with Gasteiger partial charge in [0.15, 0.2) is 0 Å². The van der Waals surface area contributed by atoms with Gasteiger partial charge in [0.2, 0.25) is 0 Å². The first kappa shape index (κ1) is 13.8. The smallest absolute Gasteiger partial charge is 0.273 e. The van der Waals surface area contributed by atoms with Crippen molar-refractivity contribution in [1.82, 2.24) is 0 Å². The number of ether oxygens (including phenoxy) is 1. The summed E-state index contributed by atoms with van der Waals surface area (Å²) in [6, 6.07) is 6.38. The van der Waals surface area contributed by atoms with Crippen LogP contribution < -0.4 is 9.64 Å². The van der Waals surface area contributed by atoms with Crippen LogP contribution in [0.15, 0.2) is 24.3 Å². The van der Waals surface area contributed by atoms with Gasteiger partial charge in [0.05, 0.1) is 37.2 Å². The summed E-state index contributed by atoms with van der Waals surface area (Å²) in [6.45, 7) is 4.31. The Labute approximate surface area is 113 Å². The lowest BCUT2D eigenvalue weighted by atomic mass is 10.1. The molecular weight excluding hydrogens is 244 g/mol. The molecule has 0 aliphatic carbocycles. The largest absolute Gasteiger partial charge is 0.493 e. The van der Waals surface area contributed by atoms with Gasteiger partial charge >= 0.3 is 0 Å². The van der Waals surface area contributed by atoms with Gasteiger partial charge in [-0.2, -0.15) is 0 Å². The van der Waals surface area contributed by atoms with Crippen molar-refractivity contribution in [3.05, 3.63) is 34.4 Å². The summed E-state index contributed by atoms with van der Waals surface area (Å²) in [6.07, 6.45) is 5.04. The zero-order valence-corrected chi connectivity index (χ0v) is 11.1. The van der Waals surface area contributed by atoms with Gasteiger partial charge in [0, 0.05) is 12.5 Å². The number of hydrogen-bond acceptors (Lipinski definition) is 3. The van der Waals surface area contributed by atoms with Crippen LogP contribution in [-0.4, -0.2) is 31.2 Å². The predicted octanol–water partition coefficient (Wildman–Crippen LogP) is 1.43. The zero-order chi connectivity index (χ0) is 13.5. The number of nitrogens with zero attached hydrogens (tertiary/aromatic N) is 1. The number of rotatable bonds is 6. The zero-order valence-electron chi connectivity index (χ0n) is 11.1. The lowest BCUT2D eigenvalue weighted by molar-refractivity contribution is -0.905. The standard InChI is InChI=1S/C14H20N2O3/c17-16(18)13-6-4-7-14(12-13)19-11-5-10-15-8-2-1-3-9-15/h4,6-7,12H,1-3,5,8-11H2/p+1. The van der Waals surface area contributed by atoms with Gasteiger partial charge in [-0.15, -0.1) is 0 Å². The maximum atomic E-state index is 10.6. The topological polar surface area (TPSA) is 56.8 Å². The van der Waals surface area contributed by atoms with E-state index in [0.29, 0.717) is 12.4 Å². The van der Waals surface area contributed by atoms with E-state index in [-0.39, 0.29) is 5.69 Å². The van der Waals surface area contributed by atoms with Gasteiger partial charge in [0.1, 0.15) is 5.75 Å². The first-order chi connectivity index (χ1) is 9.25. The molecule has 2 rings (SSSR count). The molecule has 1 fully saturated rings. The molecular formula is C14H21N2O3+. The molecule has 1 N–H and O–H groups in total. The highest BCUT2D eigenvalue weighted by Gasteiger charge is 2.12. The number of hydrogen-bond donors (Lipinski definition) is 1. The molecule has 0 radical (unpaired) electrons. The van der Waals surface area contributed by atoms with Crippen LogP contribution in [0.4, 0.5) is 5.69 Å². The number of quaternary nitrogens is 1. The van der Waals surface area contributed by atoms with E-state index in [0.717, 1.165) is 13.0 Å². The van der Waals surface area contributed by atoms with Crippen LogP contribution >= 0.6 is 0 Å². The molecule has 0 unspecified atom stereocenters. The maximum absolute atomic E-state index is 10.6. The van der Waals surface area contributed by atoms with Crippen LogP contribution in [0.3, 0.4) is 0 Å². The molecule has 0 bridgehead atoms. The predicted molar refractivity (Wildman–Crippen MR) is 72.6 cm³/mol. The first-order valence-electron chi connectivity index (χ1n) is 6.96. The van der Waals surface area contributed by atoms with Gasteiger partial charge in [-0.3, -0.25) is 10.1 Å². The molecule has 0 atom stereocenters. The molecule has 0 amide bonds. The van der Waals surface area contributed by atoms with Gasteiger partial charge in [-0.05, 0) is 25.3 Å². The first-order valence-corrected chi connectivity index (χ1v) is 6.96. The fourth-order valence-electron chi connectivity index (χ4n) is 2.50. The van der Waals surface area contributed by atoms with Crippen molar-refractivity contribution in [2.24, 2.45) is 0 Å². The number of benzene rings is 1. The maximum Gasteiger partial charge on any atom is 0.273 e. The van der Waals surface area contributed by atoms with E-state index >= 15 is 0 Å². The summed E-state index contributed by atoms with van der Waals surface area (Å²) in [5, 5.41) is 10.6.